The second-order valence-corrected chi connectivity index (χ2v) is 6.02. The summed E-state index contributed by atoms with van der Waals surface area (Å²) >= 11 is 0. The van der Waals surface area contributed by atoms with E-state index in [4.69, 9.17) is 0 Å². The first-order valence-corrected chi connectivity index (χ1v) is 7.76. The van der Waals surface area contributed by atoms with Crippen molar-refractivity contribution >= 4 is 11.7 Å². The second-order valence-electron chi connectivity index (χ2n) is 6.02. The molecule has 8 heteroatoms. The Morgan fingerprint density at radius 3 is 2.73 bits per heavy atom. The molecule has 0 atom stereocenters. The third-order valence-corrected chi connectivity index (χ3v) is 4.39. The third-order valence-electron chi connectivity index (χ3n) is 4.39. The lowest BCUT2D eigenvalue weighted by molar-refractivity contribution is 0.0921. The maximum Gasteiger partial charge on any atom is 0.288 e. The van der Waals surface area contributed by atoms with Crippen LogP contribution < -0.4 is 10.2 Å². The standard InChI is InChI=1S/C14H19N7O/c22-14(13-15-8-16-20-13)17-10-3-5-21(6-4-10)12-7-11(18-19-12)9-1-2-9/h7-10H,1-6H2,(H,17,22)(H,18,19)(H,15,16,20). The van der Waals surface area contributed by atoms with Gasteiger partial charge in [-0.05, 0) is 25.7 Å². The largest absolute Gasteiger partial charge is 0.355 e. The molecule has 8 nitrogen and oxygen atoms in total. The molecule has 0 spiro atoms. The number of hydrogen-bond acceptors (Lipinski definition) is 5. The van der Waals surface area contributed by atoms with Crippen LogP contribution in [0.2, 0.25) is 0 Å². The number of aromatic amines is 2. The maximum atomic E-state index is 11.9. The van der Waals surface area contributed by atoms with Crippen molar-refractivity contribution in [3.63, 3.8) is 0 Å². The van der Waals surface area contributed by atoms with Crippen molar-refractivity contribution in [2.75, 3.05) is 18.0 Å². The Kier molecular flexibility index (Phi) is 3.28. The van der Waals surface area contributed by atoms with Gasteiger partial charge in [0.2, 0.25) is 5.82 Å². The number of anilines is 1. The fraction of sp³-hybridized carbons (Fsp3) is 0.571. The van der Waals surface area contributed by atoms with Crippen LogP contribution in [0.5, 0.6) is 0 Å². The van der Waals surface area contributed by atoms with E-state index in [0.29, 0.717) is 5.92 Å². The first kappa shape index (κ1) is 13.3. The zero-order valence-corrected chi connectivity index (χ0v) is 12.2. The van der Waals surface area contributed by atoms with E-state index in [2.05, 4.69) is 41.7 Å². The van der Waals surface area contributed by atoms with E-state index in [-0.39, 0.29) is 17.8 Å². The number of rotatable bonds is 4. The van der Waals surface area contributed by atoms with Crippen LogP contribution in [0.4, 0.5) is 5.82 Å². The van der Waals surface area contributed by atoms with Crippen molar-refractivity contribution in [2.45, 2.75) is 37.6 Å². The number of nitrogens with one attached hydrogen (secondary N) is 3. The summed E-state index contributed by atoms with van der Waals surface area (Å²) in [6.07, 6.45) is 5.71. The van der Waals surface area contributed by atoms with Gasteiger partial charge in [0, 0.05) is 36.8 Å². The lowest BCUT2D eigenvalue weighted by atomic mass is 10.0. The molecular formula is C14H19N7O. The van der Waals surface area contributed by atoms with Gasteiger partial charge in [-0.2, -0.15) is 10.2 Å². The molecule has 0 radical (unpaired) electrons. The minimum Gasteiger partial charge on any atom is -0.355 e. The highest BCUT2D eigenvalue weighted by molar-refractivity contribution is 5.90. The quantitative estimate of drug-likeness (QED) is 0.775. The smallest absolute Gasteiger partial charge is 0.288 e. The summed E-state index contributed by atoms with van der Waals surface area (Å²) in [5, 5.41) is 16.8. The van der Waals surface area contributed by atoms with Crippen LogP contribution in [0, 0.1) is 0 Å². The van der Waals surface area contributed by atoms with E-state index in [1.807, 2.05) is 0 Å². The Morgan fingerprint density at radius 1 is 1.23 bits per heavy atom. The van der Waals surface area contributed by atoms with Crippen LogP contribution in [0.25, 0.3) is 0 Å². The molecule has 22 heavy (non-hydrogen) atoms. The van der Waals surface area contributed by atoms with Crippen LogP contribution in [0.1, 0.15) is 47.9 Å². The van der Waals surface area contributed by atoms with Crippen molar-refractivity contribution in [1.29, 1.82) is 0 Å². The first-order valence-electron chi connectivity index (χ1n) is 7.76. The monoisotopic (exact) mass is 301 g/mol. The highest BCUT2D eigenvalue weighted by Gasteiger charge is 2.28. The highest BCUT2D eigenvalue weighted by Crippen LogP contribution is 2.40. The summed E-state index contributed by atoms with van der Waals surface area (Å²) in [4.78, 5) is 18.1. The van der Waals surface area contributed by atoms with Crippen LogP contribution in [-0.4, -0.2) is 50.4 Å². The molecule has 1 amide bonds. The zero-order valence-electron chi connectivity index (χ0n) is 12.2. The summed E-state index contributed by atoms with van der Waals surface area (Å²) in [6, 6.07) is 2.35. The van der Waals surface area contributed by atoms with Gasteiger partial charge in [-0.25, -0.2) is 4.98 Å². The van der Waals surface area contributed by atoms with Gasteiger partial charge >= 0.3 is 0 Å². The average Bonchev–Trinajstić information content (AvgIpc) is 3.05. The predicted octanol–water partition coefficient (Wildman–Crippen LogP) is 0.804. The molecule has 2 aliphatic rings. The van der Waals surface area contributed by atoms with Gasteiger partial charge in [0.15, 0.2) is 5.82 Å². The Morgan fingerprint density at radius 2 is 2.05 bits per heavy atom. The summed E-state index contributed by atoms with van der Waals surface area (Å²) in [5.41, 5.74) is 1.26. The topological polar surface area (TPSA) is 103 Å². The SMILES string of the molecule is O=C(NC1CCN(c2cc(C3CC3)[nH]n2)CC1)c1ncn[nH]1. The minimum atomic E-state index is -0.188. The van der Waals surface area contributed by atoms with E-state index in [9.17, 15) is 4.79 Å². The van der Waals surface area contributed by atoms with Crippen LogP contribution >= 0.6 is 0 Å². The van der Waals surface area contributed by atoms with Gasteiger partial charge in [-0.15, -0.1) is 0 Å². The number of H-pyrrole nitrogens is 2. The number of carbonyl (C=O) groups is 1. The molecule has 1 aliphatic heterocycles. The van der Waals surface area contributed by atoms with Crippen molar-refractivity contribution in [3.8, 4) is 0 Å². The number of carbonyl (C=O) groups excluding carboxylic acids is 1. The van der Waals surface area contributed by atoms with Crippen molar-refractivity contribution in [3.05, 3.63) is 23.9 Å². The lowest BCUT2D eigenvalue weighted by Crippen LogP contribution is -2.45. The number of aromatic nitrogens is 5. The average molecular weight is 301 g/mol. The molecule has 1 saturated heterocycles. The van der Waals surface area contributed by atoms with E-state index in [0.717, 1.165) is 31.7 Å². The van der Waals surface area contributed by atoms with E-state index < -0.39 is 0 Å². The molecule has 0 bridgehead atoms. The normalized spacial score (nSPS) is 19.4. The summed E-state index contributed by atoms with van der Waals surface area (Å²) in [5.74, 6) is 1.80. The molecule has 0 aromatic carbocycles. The van der Waals surface area contributed by atoms with Crippen LogP contribution in [0.3, 0.4) is 0 Å². The van der Waals surface area contributed by atoms with E-state index in [1.54, 1.807) is 0 Å². The molecule has 116 valence electrons. The lowest BCUT2D eigenvalue weighted by Gasteiger charge is -2.32. The van der Waals surface area contributed by atoms with Gasteiger partial charge in [-0.1, -0.05) is 0 Å². The van der Waals surface area contributed by atoms with Crippen LogP contribution in [-0.2, 0) is 0 Å². The molecule has 1 aliphatic carbocycles. The number of hydrogen-bond donors (Lipinski definition) is 3. The molecule has 4 rings (SSSR count). The Bertz CT molecular complexity index is 638. The summed E-state index contributed by atoms with van der Waals surface area (Å²) in [7, 11) is 0. The number of piperidine rings is 1. The molecule has 1 saturated carbocycles. The predicted molar refractivity (Wildman–Crippen MR) is 79.6 cm³/mol. The van der Waals surface area contributed by atoms with Crippen molar-refractivity contribution in [2.24, 2.45) is 0 Å². The van der Waals surface area contributed by atoms with Gasteiger partial charge in [0.05, 0.1) is 0 Å². The van der Waals surface area contributed by atoms with Gasteiger partial charge < -0.3 is 10.2 Å². The Hall–Kier alpha value is -2.38. The Labute approximate surface area is 127 Å². The fourth-order valence-corrected chi connectivity index (χ4v) is 2.91. The summed E-state index contributed by atoms with van der Waals surface area (Å²) < 4.78 is 0. The van der Waals surface area contributed by atoms with Gasteiger partial charge in [0.25, 0.3) is 5.91 Å². The maximum absolute atomic E-state index is 11.9. The van der Waals surface area contributed by atoms with E-state index in [1.165, 1.54) is 24.9 Å². The van der Waals surface area contributed by atoms with Gasteiger partial charge in [0.1, 0.15) is 6.33 Å². The molecule has 0 unspecified atom stereocenters. The molecule has 2 aromatic heterocycles. The van der Waals surface area contributed by atoms with Crippen LogP contribution in [0.15, 0.2) is 12.4 Å². The number of amides is 1. The minimum absolute atomic E-state index is 0.177. The number of nitrogens with zero attached hydrogens (tertiary/aromatic N) is 4. The van der Waals surface area contributed by atoms with Crippen molar-refractivity contribution in [1.82, 2.24) is 30.7 Å². The zero-order chi connectivity index (χ0) is 14.9. The van der Waals surface area contributed by atoms with E-state index >= 15 is 0 Å². The molecular weight excluding hydrogens is 282 g/mol. The fourth-order valence-electron chi connectivity index (χ4n) is 2.91. The Balaban J connectivity index is 1.31. The highest BCUT2D eigenvalue weighted by atomic mass is 16.2. The molecule has 2 fully saturated rings. The molecule has 3 heterocycles. The molecule has 2 aromatic rings. The second kappa shape index (κ2) is 5.43. The molecule has 3 N–H and O–H groups in total. The van der Waals surface area contributed by atoms with Crippen molar-refractivity contribution < 1.29 is 4.79 Å². The first-order chi connectivity index (χ1) is 10.8. The summed E-state index contributed by atoms with van der Waals surface area (Å²) in [6.45, 7) is 1.80. The van der Waals surface area contributed by atoms with Gasteiger partial charge in [-0.3, -0.25) is 15.0 Å². The third kappa shape index (κ3) is 2.68.